The molecule has 50 heavy (non-hydrogen) atoms. The predicted octanol–water partition coefficient (Wildman–Crippen LogP) is 6.40. The molecule has 15 heteroatoms. The lowest BCUT2D eigenvalue weighted by Crippen LogP contribution is -2.36. The molecule has 4 heterocycles. The largest absolute Gasteiger partial charge is 0.472 e. The number of anilines is 1. The van der Waals surface area contributed by atoms with Gasteiger partial charge in [-0.1, -0.05) is 36.4 Å². The third-order valence-corrected chi connectivity index (χ3v) is 10.8. The van der Waals surface area contributed by atoms with Gasteiger partial charge < -0.3 is 10.1 Å². The number of nitrogens with one attached hydrogen (secondary N) is 1. The third-order valence-electron chi connectivity index (χ3n) is 9.01. The standard InChI is InChI=1S/C35H36F3N7O4S/c1-5-27-20-44(50(47,48)31-8-7-13-40-34(31)49-27)19-24-14-23(10-9-21(24)3)29(28-11-12-30-33(22(28)4)42-43-45(30)6-2)16-32(46)41-26-15-25(17-39-18-26)35(36,37)38/h7-15,17-18,27,29H,5-6,16,19-20H2,1-4H3,(H,41,46)/t27-,29?/m1/s1. The van der Waals surface area contributed by atoms with Crippen molar-refractivity contribution in [2.45, 2.75) is 76.7 Å². The lowest BCUT2D eigenvalue weighted by atomic mass is 9.84. The number of sulfonamides is 1. The van der Waals surface area contributed by atoms with Gasteiger partial charge in [-0.15, -0.1) is 5.10 Å². The minimum atomic E-state index is -4.63. The lowest BCUT2D eigenvalue weighted by molar-refractivity contribution is -0.137. The molecule has 11 nitrogen and oxygen atoms in total. The summed E-state index contributed by atoms with van der Waals surface area (Å²) < 4.78 is 77.0. The van der Waals surface area contributed by atoms with Gasteiger partial charge in [-0.3, -0.25) is 9.78 Å². The van der Waals surface area contributed by atoms with E-state index in [0.717, 1.165) is 40.0 Å². The fraction of sp³-hybridized carbons (Fsp3) is 0.343. The Kier molecular flexibility index (Phi) is 9.64. The van der Waals surface area contributed by atoms with Crippen LogP contribution >= 0.6 is 0 Å². The molecule has 0 fully saturated rings. The number of hydrogen-bond donors (Lipinski definition) is 1. The Labute approximate surface area is 287 Å². The van der Waals surface area contributed by atoms with Crippen LogP contribution < -0.4 is 10.1 Å². The topological polar surface area (TPSA) is 132 Å². The summed E-state index contributed by atoms with van der Waals surface area (Å²) in [5.74, 6) is -1.04. The number of ether oxygens (including phenoxy) is 1. The van der Waals surface area contributed by atoms with Gasteiger partial charge in [-0.05, 0) is 79.3 Å². The molecule has 6 rings (SSSR count). The molecule has 1 unspecified atom stereocenters. The molecule has 0 spiro atoms. The Morgan fingerprint density at radius 2 is 1.90 bits per heavy atom. The molecule has 2 atom stereocenters. The van der Waals surface area contributed by atoms with Gasteiger partial charge in [-0.2, -0.15) is 17.5 Å². The Morgan fingerprint density at radius 1 is 1.10 bits per heavy atom. The Morgan fingerprint density at radius 3 is 2.64 bits per heavy atom. The van der Waals surface area contributed by atoms with Crippen LogP contribution in [-0.2, 0) is 34.1 Å². The van der Waals surface area contributed by atoms with E-state index in [1.165, 1.54) is 16.6 Å². The number of carbonyl (C=O) groups is 1. The number of fused-ring (bicyclic) bond motifs is 2. The number of nitrogens with zero attached hydrogens (tertiary/aromatic N) is 6. The molecule has 3 aromatic heterocycles. The van der Waals surface area contributed by atoms with Gasteiger partial charge in [0.05, 0.1) is 29.5 Å². The summed E-state index contributed by atoms with van der Waals surface area (Å²) in [6.07, 6.45) is -1.27. The zero-order valence-electron chi connectivity index (χ0n) is 27.9. The van der Waals surface area contributed by atoms with Crippen molar-refractivity contribution < 1.29 is 31.1 Å². The van der Waals surface area contributed by atoms with Crippen molar-refractivity contribution in [3.05, 3.63) is 101 Å². The second kappa shape index (κ2) is 13.8. The van der Waals surface area contributed by atoms with E-state index in [4.69, 9.17) is 4.74 Å². The fourth-order valence-electron chi connectivity index (χ4n) is 6.21. The highest BCUT2D eigenvalue weighted by Crippen LogP contribution is 2.37. The predicted molar refractivity (Wildman–Crippen MR) is 180 cm³/mol. The summed E-state index contributed by atoms with van der Waals surface area (Å²) in [5, 5.41) is 11.2. The summed E-state index contributed by atoms with van der Waals surface area (Å²) in [6.45, 7) is 8.40. The first kappa shape index (κ1) is 35.0. The van der Waals surface area contributed by atoms with Crippen LogP contribution in [0.5, 0.6) is 5.88 Å². The first-order valence-corrected chi connectivity index (χ1v) is 17.6. The number of halogens is 3. The van der Waals surface area contributed by atoms with Crippen molar-refractivity contribution in [2.24, 2.45) is 0 Å². The maximum Gasteiger partial charge on any atom is 0.417 e. The summed E-state index contributed by atoms with van der Waals surface area (Å²) in [5.41, 5.74) is 4.27. The van der Waals surface area contributed by atoms with E-state index in [0.29, 0.717) is 30.2 Å². The van der Waals surface area contributed by atoms with Crippen LogP contribution in [0.3, 0.4) is 0 Å². The Bertz CT molecular complexity index is 2170. The van der Waals surface area contributed by atoms with E-state index in [1.54, 1.807) is 10.7 Å². The van der Waals surface area contributed by atoms with Crippen LogP contribution in [0.2, 0.25) is 0 Å². The maximum absolute atomic E-state index is 13.9. The summed E-state index contributed by atoms with van der Waals surface area (Å²) in [4.78, 5) is 21.4. The number of benzene rings is 2. The van der Waals surface area contributed by atoms with Gasteiger partial charge in [0.2, 0.25) is 21.8 Å². The average molecular weight is 708 g/mol. The molecular weight excluding hydrogens is 671 g/mol. The number of carbonyl (C=O) groups excluding carboxylic acids is 1. The molecule has 262 valence electrons. The smallest absolute Gasteiger partial charge is 0.417 e. The number of aromatic nitrogens is 5. The molecule has 5 aromatic rings. The summed E-state index contributed by atoms with van der Waals surface area (Å²) in [7, 11) is -3.98. The van der Waals surface area contributed by atoms with Crippen LogP contribution in [-0.4, -0.2) is 56.2 Å². The van der Waals surface area contributed by atoms with Crippen LogP contribution in [0, 0.1) is 13.8 Å². The van der Waals surface area contributed by atoms with Gasteiger partial charge in [-0.25, -0.2) is 18.1 Å². The van der Waals surface area contributed by atoms with Crippen molar-refractivity contribution in [1.82, 2.24) is 29.3 Å². The number of pyridine rings is 2. The molecule has 0 radical (unpaired) electrons. The lowest BCUT2D eigenvalue weighted by Gasteiger charge is -2.25. The Balaban J connectivity index is 1.39. The normalized spacial score (nSPS) is 16.7. The van der Waals surface area contributed by atoms with Crippen molar-refractivity contribution in [3.63, 3.8) is 0 Å². The number of alkyl halides is 3. The minimum Gasteiger partial charge on any atom is -0.472 e. The van der Waals surface area contributed by atoms with Gasteiger partial charge in [0, 0.05) is 37.8 Å². The number of rotatable bonds is 9. The first-order chi connectivity index (χ1) is 23.8. The van der Waals surface area contributed by atoms with Crippen molar-refractivity contribution in [2.75, 3.05) is 11.9 Å². The zero-order valence-corrected chi connectivity index (χ0v) is 28.7. The minimum absolute atomic E-state index is 0.00700. The third kappa shape index (κ3) is 6.92. The molecule has 0 aliphatic carbocycles. The van der Waals surface area contributed by atoms with Crippen LogP contribution in [0.25, 0.3) is 11.0 Å². The van der Waals surface area contributed by atoms with E-state index in [9.17, 15) is 26.4 Å². The second-order valence-electron chi connectivity index (χ2n) is 12.3. The van der Waals surface area contributed by atoms with Gasteiger partial charge in [0.1, 0.15) is 16.5 Å². The van der Waals surface area contributed by atoms with E-state index in [-0.39, 0.29) is 36.0 Å². The highest BCUT2D eigenvalue weighted by atomic mass is 32.2. The summed E-state index contributed by atoms with van der Waals surface area (Å²) in [6, 6.07) is 13.3. The number of aryl methyl sites for hydroxylation is 3. The van der Waals surface area contributed by atoms with Crippen molar-refractivity contribution in [3.8, 4) is 5.88 Å². The van der Waals surface area contributed by atoms with Crippen LogP contribution in [0.15, 0.2) is 72.0 Å². The van der Waals surface area contributed by atoms with Crippen LogP contribution in [0.1, 0.15) is 66.0 Å². The molecule has 1 aliphatic rings. The van der Waals surface area contributed by atoms with Gasteiger partial charge in [0.25, 0.3) is 0 Å². The summed E-state index contributed by atoms with van der Waals surface area (Å²) >= 11 is 0. The molecule has 0 saturated heterocycles. The average Bonchev–Trinajstić information content (AvgIpc) is 3.47. The molecule has 1 aliphatic heterocycles. The highest BCUT2D eigenvalue weighted by Gasteiger charge is 2.36. The highest BCUT2D eigenvalue weighted by molar-refractivity contribution is 7.89. The molecule has 0 bridgehead atoms. The quantitative estimate of drug-likeness (QED) is 0.186. The fourth-order valence-corrected chi connectivity index (χ4v) is 7.73. The number of hydrogen-bond acceptors (Lipinski definition) is 8. The molecule has 1 amide bonds. The molecular formula is C35H36F3N7O4S. The van der Waals surface area contributed by atoms with E-state index in [1.807, 2.05) is 58.0 Å². The van der Waals surface area contributed by atoms with Gasteiger partial charge in [0.15, 0.2) is 0 Å². The molecule has 2 aromatic carbocycles. The zero-order chi connectivity index (χ0) is 35.8. The van der Waals surface area contributed by atoms with Crippen molar-refractivity contribution >= 4 is 32.7 Å². The molecule has 0 saturated carbocycles. The first-order valence-electron chi connectivity index (χ1n) is 16.2. The SMILES string of the molecule is CC[C@@H]1CN(Cc2cc(C(CC(=O)Nc3cncc(C(F)(F)F)c3)c3ccc4c(nnn4CC)c3C)ccc2C)S(=O)(=O)c2cccnc2O1. The van der Waals surface area contributed by atoms with E-state index < -0.39 is 39.7 Å². The number of amides is 1. The maximum atomic E-state index is 13.9. The second-order valence-corrected chi connectivity index (χ2v) is 14.2. The van der Waals surface area contributed by atoms with Gasteiger partial charge >= 0.3 is 6.18 Å². The Hall–Kier alpha value is -4.89. The van der Waals surface area contributed by atoms with Crippen LogP contribution in [0.4, 0.5) is 18.9 Å². The van der Waals surface area contributed by atoms with E-state index in [2.05, 4.69) is 25.6 Å². The van der Waals surface area contributed by atoms with E-state index >= 15 is 0 Å². The van der Waals surface area contributed by atoms with Crippen molar-refractivity contribution in [1.29, 1.82) is 0 Å². The molecule has 1 N–H and O–H groups in total. The monoisotopic (exact) mass is 707 g/mol.